The molecule has 0 unspecified atom stereocenters. The number of fused-ring (bicyclic) bond motifs is 1. The van der Waals surface area contributed by atoms with E-state index in [2.05, 4.69) is 26.5 Å². The maximum absolute atomic E-state index is 12.0. The molecule has 23 heavy (non-hydrogen) atoms. The van der Waals surface area contributed by atoms with Gasteiger partial charge in [-0.05, 0) is 31.3 Å². The molecule has 0 bridgehead atoms. The van der Waals surface area contributed by atoms with E-state index in [1.165, 1.54) is 11.3 Å². The summed E-state index contributed by atoms with van der Waals surface area (Å²) < 4.78 is 5.97. The number of hydrazine groups is 1. The average Bonchev–Trinajstić information content (AvgIpc) is 2.95. The Morgan fingerprint density at radius 3 is 2.91 bits per heavy atom. The maximum Gasteiger partial charge on any atom is 0.260 e. The Morgan fingerprint density at radius 2 is 2.17 bits per heavy atom. The summed E-state index contributed by atoms with van der Waals surface area (Å²) in [4.78, 5) is 16.5. The number of aromatic nitrogens is 1. The lowest BCUT2D eigenvalue weighted by atomic mass is 10.3. The number of nitrogens with one attached hydrogen (secondary N) is 4. The van der Waals surface area contributed by atoms with E-state index >= 15 is 0 Å². The number of amides is 1. The monoisotopic (exact) mass is 353 g/mol. The number of anilines is 1. The van der Waals surface area contributed by atoms with Gasteiger partial charge in [-0.15, -0.1) is 0 Å². The summed E-state index contributed by atoms with van der Waals surface area (Å²) in [5, 5.41) is 7.01. The van der Waals surface area contributed by atoms with Gasteiger partial charge in [0.2, 0.25) is 0 Å². The molecule has 7 nitrogen and oxygen atoms in total. The quantitative estimate of drug-likeness (QED) is 0.353. The lowest BCUT2D eigenvalue weighted by Crippen LogP contribution is -2.51. The third-order valence-corrected chi connectivity index (χ3v) is 4.13. The first-order chi connectivity index (χ1) is 11.1. The summed E-state index contributed by atoms with van der Waals surface area (Å²) >= 11 is 6.53. The van der Waals surface area contributed by atoms with Crippen LogP contribution in [0.4, 0.5) is 5.13 Å². The minimum atomic E-state index is -0.454. The van der Waals surface area contributed by atoms with Crippen molar-refractivity contribution in [3.8, 4) is 0 Å². The molecular weight excluding hydrogens is 334 g/mol. The Bertz CT molecular complexity index is 643. The van der Waals surface area contributed by atoms with Crippen molar-refractivity contribution in [2.45, 2.75) is 13.0 Å². The molecular formula is C14H19N5O2S2. The van der Waals surface area contributed by atoms with Crippen LogP contribution in [-0.4, -0.2) is 42.3 Å². The second-order valence-corrected chi connectivity index (χ2v) is 6.15. The third-order valence-electron chi connectivity index (χ3n) is 2.92. The van der Waals surface area contributed by atoms with Crippen LogP contribution in [0, 0.1) is 0 Å². The largest absolute Gasteiger partial charge is 0.383 e. The molecule has 9 heteroatoms. The van der Waals surface area contributed by atoms with Gasteiger partial charge in [-0.2, -0.15) is 0 Å². The Kier molecular flexibility index (Phi) is 6.51. The fourth-order valence-electron chi connectivity index (χ4n) is 1.72. The molecule has 2 rings (SSSR count). The summed E-state index contributed by atoms with van der Waals surface area (Å²) in [6.45, 7) is 2.85. The molecule has 0 fully saturated rings. The number of benzene rings is 1. The number of hydrogen-bond donors (Lipinski definition) is 4. The smallest absolute Gasteiger partial charge is 0.260 e. The van der Waals surface area contributed by atoms with E-state index in [-0.39, 0.29) is 5.91 Å². The van der Waals surface area contributed by atoms with Crippen molar-refractivity contribution in [2.24, 2.45) is 0 Å². The summed E-state index contributed by atoms with van der Waals surface area (Å²) in [6.07, 6.45) is 0. The van der Waals surface area contributed by atoms with E-state index < -0.39 is 6.04 Å². The van der Waals surface area contributed by atoms with Crippen molar-refractivity contribution in [3.63, 3.8) is 0 Å². The number of rotatable bonds is 6. The Hall–Kier alpha value is -1.97. The van der Waals surface area contributed by atoms with Crippen LogP contribution in [0.5, 0.6) is 0 Å². The van der Waals surface area contributed by atoms with Gasteiger partial charge in [0.1, 0.15) is 6.04 Å². The van der Waals surface area contributed by atoms with E-state index in [4.69, 9.17) is 17.0 Å². The number of carbonyl (C=O) groups is 1. The standard InChI is InChI=1S/C14H19N5O2S2/c1-9(12(20)18-19-13(22)15-7-8-21-2)16-14-17-10-5-3-4-6-11(10)23-14/h3-6,9H,7-8H2,1-2H3,(H,16,17)(H,18,20)(H2,15,19,22)/t9-/m0/s1. The van der Waals surface area contributed by atoms with E-state index in [0.29, 0.717) is 23.4 Å². The zero-order chi connectivity index (χ0) is 16.7. The van der Waals surface area contributed by atoms with Crippen molar-refractivity contribution >= 4 is 49.9 Å². The highest BCUT2D eigenvalue weighted by Crippen LogP contribution is 2.25. The van der Waals surface area contributed by atoms with Crippen molar-refractivity contribution in [1.82, 2.24) is 21.2 Å². The van der Waals surface area contributed by atoms with Gasteiger partial charge < -0.3 is 15.4 Å². The molecule has 0 aliphatic rings. The number of nitrogens with zero attached hydrogens (tertiary/aromatic N) is 1. The van der Waals surface area contributed by atoms with Gasteiger partial charge >= 0.3 is 0 Å². The summed E-state index contributed by atoms with van der Waals surface area (Å²) in [7, 11) is 1.61. The Morgan fingerprint density at radius 1 is 1.39 bits per heavy atom. The SMILES string of the molecule is COCCNC(=S)NNC(=O)[C@H](C)Nc1nc2ccccc2s1. The normalized spacial score (nSPS) is 11.7. The second-order valence-electron chi connectivity index (χ2n) is 4.72. The number of methoxy groups -OCH3 is 1. The fourth-order valence-corrected chi connectivity index (χ4v) is 2.83. The molecule has 2 aromatic rings. The minimum absolute atomic E-state index is 0.236. The lowest BCUT2D eigenvalue weighted by Gasteiger charge is -2.15. The number of para-hydroxylation sites is 1. The molecule has 0 saturated heterocycles. The molecule has 1 aromatic carbocycles. The van der Waals surface area contributed by atoms with Crippen molar-refractivity contribution in [3.05, 3.63) is 24.3 Å². The van der Waals surface area contributed by atoms with Crippen LogP contribution < -0.4 is 21.5 Å². The first-order valence-electron chi connectivity index (χ1n) is 7.05. The number of thiazole rings is 1. The van der Waals surface area contributed by atoms with Crippen molar-refractivity contribution in [1.29, 1.82) is 0 Å². The predicted molar refractivity (Wildman–Crippen MR) is 96.5 cm³/mol. The van der Waals surface area contributed by atoms with Crippen LogP contribution in [0.1, 0.15) is 6.92 Å². The van der Waals surface area contributed by atoms with Crippen LogP contribution in [0.3, 0.4) is 0 Å². The van der Waals surface area contributed by atoms with Crippen LogP contribution in [0.2, 0.25) is 0 Å². The molecule has 0 spiro atoms. The van der Waals surface area contributed by atoms with E-state index in [1.807, 2.05) is 24.3 Å². The van der Waals surface area contributed by atoms with Gasteiger partial charge in [0.25, 0.3) is 5.91 Å². The van der Waals surface area contributed by atoms with Gasteiger partial charge in [0.15, 0.2) is 10.2 Å². The predicted octanol–water partition coefficient (Wildman–Crippen LogP) is 1.24. The Labute approximate surface area is 143 Å². The first-order valence-corrected chi connectivity index (χ1v) is 8.27. The molecule has 1 atom stereocenters. The highest BCUT2D eigenvalue weighted by Gasteiger charge is 2.14. The zero-order valence-electron chi connectivity index (χ0n) is 12.9. The fraction of sp³-hybridized carbons (Fsp3) is 0.357. The first kappa shape index (κ1) is 17.4. The number of ether oxygens (including phenoxy) is 1. The molecule has 1 amide bonds. The van der Waals surface area contributed by atoms with Crippen molar-refractivity contribution in [2.75, 3.05) is 25.6 Å². The molecule has 4 N–H and O–H groups in total. The Balaban J connectivity index is 1.79. The summed E-state index contributed by atoms with van der Waals surface area (Å²) in [6, 6.07) is 7.37. The number of carbonyl (C=O) groups excluding carboxylic acids is 1. The van der Waals surface area contributed by atoms with Gasteiger partial charge in [0, 0.05) is 13.7 Å². The highest BCUT2D eigenvalue weighted by atomic mass is 32.1. The molecule has 0 aliphatic carbocycles. The maximum atomic E-state index is 12.0. The lowest BCUT2D eigenvalue weighted by molar-refractivity contribution is -0.122. The van der Waals surface area contributed by atoms with Gasteiger partial charge in [-0.3, -0.25) is 15.6 Å². The van der Waals surface area contributed by atoms with Crippen LogP contribution in [-0.2, 0) is 9.53 Å². The average molecular weight is 353 g/mol. The number of thiocarbonyl (C=S) groups is 1. The third kappa shape index (κ3) is 5.31. The van der Waals surface area contributed by atoms with Crippen LogP contribution >= 0.6 is 23.6 Å². The molecule has 0 aliphatic heterocycles. The molecule has 0 radical (unpaired) electrons. The van der Waals surface area contributed by atoms with Crippen molar-refractivity contribution < 1.29 is 9.53 Å². The highest BCUT2D eigenvalue weighted by molar-refractivity contribution is 7.80. The summed E-state index contributed by atoms with van der Waals surface area (Å²) in [5.74, 6) is -0.236. The van der Waals surface area contributed by atoms with E-state index in [9.17, 15) is 4.79 Å². The van der Waals surface area contributed by atoms with Crippen LogP contribution in [0.15, 0.2) is 24.3 Å². The number of hydrogen-bond acceptors (Lipinski definition) is 6. The van der Waals surface area contributed by atoms with Crippen LogP contribution in [0.25, 0.3) is 10.2 Å². The molecule has 1 aromatic heterocycles. The molecule has 124 valence electrons. The molecule has 0 saturated carbocycles. The molecule has 1 heterocycles. The minimum Gasteiger partial charge on any atom is -0.383 e. The van der Waals surface area contributed by atoms with Gasteiger partial charge in [-0.1, -0.05) is 23.5 Å². The second kappa shape index (κ2) is 8.61. The topological polar surface area (TPSA) is 87.3 Å². The van der Waals surface area contributed by atoms with Gasteiger partial charge in [0.05, 0.1) is 16.8 Å². The zero-order valence-corrected chi connectivity index (χ0v) is 14.5. The summed E-state index contributed by atoms with van der Waals surface area (Å²) in [5.41, 5.74) is 6.10. The van der Waals surface area contributed by atoms with E-state index in [0.717, 1.165) is 10.2 Å². The van der Waals surface area contributed by atoms with Gasteiger partial charge in [-0.25, -0.2) is 4.98 Å². The van der Waals surface area contributed by atoms with E-state index in [1.54, 1.807) is 14.0 Å².